The zero-order valence-electron chi connectivity index (χ0n) is 15.0. The molecule has 0 aliphatic heterocycles. The van der Waals surface area contributed by atoms with Gasteiger partial charge < -0.3 is 5.32 Å². The summed E-state index contributed by atoms with van der Waals surface area (Å²) in [7, 11) is -3.66. The minimum absolute atomic E-state index is 0.0300. The number of benzene rings is 2. The summed E-state index contributed by atoms with van der Waals surface area (Å²) < 4.78 is 27.3. The highest BCUT2D eigenvalue weighted by Gasteiger charge is 2.14. The predicted octanol–water partition coefficient (Wildman–Crippen LogP) is 2.53. The Morgan fingerprint density at radius 2 is 1.81 bits per heavy atom. The molecule has 0 unspecified atom stereocenters. The van der Waals surface area contributed by atoms with Gasteiger partial charge in [0.1, 0.15) is 0 Å². The van der Waals surface area contributed by atoms with Crippen molar-refractivity contribution in [2.75, 3.05) is 6.54 Å². The van der Waals surface area contributed by atoms with Crippen LogP contribution in [-0.4, -0.2) is 25.9 Å². The Hall–Kier alpha value is -2.77. The molecule has 1 amide bonds. The fraction of sp³-hybridized carbons (Fsp3) is 0.200. The molecule has 7 heteroatoms. The van der Waals surface area contributed by atoms with Gasteiger partial charge in [-0.1, -0.05) is 36.4 Å². The number of aryl methyl sites for hydroxylation is 1. The number of sulfonamides is 1. The van der Waals surface area contributed by atoms with Crippen molar-refractivity contribution < 1.29 is 13.2 Å². The Morgan fingerprint density at radius 3 is 2.59 bits per heavy atom. The van der Waals surface area contributed by atoms with Gasteiger partial charge in [0.25, 0.3) is 0 Å². The number of rotatable bonds is 7. The van der Waals surface area contributed by atoms with Crippen LogP contribution in [0.15, 0.2) is 65.7 Å². The van der Waals surface area contributed by atoms with Gasteiger partial charge in [0, 0.05) is 19.2 Å². The van der Waals surface area contributed by atoms with Crippen LogP contribution in [0.5, 0.6) is 0 Å². The molecule has 0 saturated heterocycles. The van der Waals surface area contributed by atoms with Crippen LogP contribution in [0.2, 0.25) is 0 Å². The highest BCUT2D eigenvalue weighted by atomic mass is 32.2. The zero-order valence-corrected chi connectivity index (χ0v) is 15.8. The number of nitrogens with one attached hydrogen (secondary N) is 2. The molecule has 140 valence electrons. The van der Waals surface area contributed by atoms with Crippen LogP contribution in [-0.2, 0) is 21.4 Å². The quantitative estimate of drug-likeness (QED) is 0.656. The summed E-state index contributed by atoms with van der Waals surface area (Å²) in [6.45, 7) is 2.28. The van der Waals surface area contributed by atoms with E-state index in [1.807, 2.05) is 43.3 Å². The largest absolute Gasteiger partial charge is 0.350 e. The van der Waals surface area contributed by atoms with Crippen LogP contribution in [0, 0.1) is 6.92 Å². The summed E-state index contributed by atoms with van der Waals surface area (Å²) in [6, 6.07) is 16.3. The van der Waals surface area contributed by atoms with Gasteiger partial charge in [-0.3, -0.25) is 9.78 Å². The molecule has 0 aliphatic rings. The molecule has 2 aromatic carbocycles. The van der Waals surface area contributed by atoms with Crippen molar-refractivity contribution in [3.63, 3.8) is 0 Å². The average Bonchev–Trinajstić information content (AvgIpc) is 2.67. The van der Waals surface area contributed by atoms with Crippen LogP contribution in [0.3, 0.4) is 0 Å². The Kier molecular flexibility index (Phi) is 5.83. The van der Waals surface area contributed by atoms with E-state index in [-0.39, 0.29) is 23.8 Å². The lowest BCUT2D eigenvalue weighted by Crippen LogP contribution is -2.30. The van der Waals surface area contributed by atoms with Crippen LogP contribution in [0.1, 0.15) is 17.7 Å². The van der Waals surface area contributed by atoms with Crippen molar-refractivity contribution in [3.05, 3.63) is 72.1 Å². The van der Waals surface area contributed by atoms with Gasteiger partial charge in [-0.2, -0.15) is 0 Å². The van der Waals surface area contributed by atoms with E-state index in [0.717, 1.165) is 22.0 Å². The Labute approximate surface area is 158 Å². The first-order valence-corrected chi connectivity index (χ1v) is 10.1. The van der Waals surface area contributed by atoms with Gasteiger partial charge in [-0.05, 0) is 41.5 Å². The molecule has 27 heavy (non-hydrogen) atoms. The van der Waals surface area contributed by atoms with Crippen LogP contribution < -0.4 is 10.0 Å². The monoisotopic (exact) mass is 383 g/mol. The predicted molar refractivity (Wildman–Crippen MR) is 105 cm³/mol. The molecule has 2 N–H and O–H groups in total. The molecule has 0 bridgehead atoms. The summed E-state index contributed by atoms with van der Waals surface area (Å²) in [5.74, 6) is -0.235. The molecule has 0 atom stereocenters. The summed E-state index contributed by atoms with van der Waals surface area (Å²) in [6.07, 6.45) is 1.73. The second kappa shape index (κ2) is 8.28. The standard InChI is InChI=1S/C20H21N3O3S/c1-15-5-4-11-21-19(15)14-22-20(24)10-12-23-27(25,26)18-9-8-16-6-2-3-7-17(16)13-18/h2-9,11,13,23H,10,12,14H2,1H3,(H,22,24). The highest BCUT2D eigenvalue weighted by molar-refractivity contribution is 7.89. The van der Waals surface area contributed by atoms with Crippen LogP contribution in [0.25, 0.3) is 10.8 Å². The molecule has 0 spiro atoms. The van der Waals surface area contributed by atoms with Crippen molar-refractivity contribution in [3.8, 4) is 0 Å². The molecule has 1 heterocycles. The number of pyridine rings is 1. The third-order valence-electron chi connectivity index (χ3n) is 4.25. The lowest BCUT2D eigenvalue weighted by atomic mass is 10.1. The lowest BCUT2D eigenvalue weighted by Gasteiger charge is -2.09. The fourth-order valence-electron chi connectivity index (χ4n) is 2.69. The van der Waals surface area contributed by atoms with Gasteiger partial charge in [-0.15, -0.1) is 0 Å². The maximum absolute atomic E-state index is 12.4. The van der Waals surface area contributed by atoms with Crippen molar-refractivity contribution >= 4 is 26.7 Å². The first kappa shape index (κ1) is 19.0. The van der Waals surface area contributed by atoms with E-state index in [1.165, 1.54) is 0 Å². The van der Waals surface area contributed by atoms with Gasteiger partial charge in [0.15, 0.2) is 0 Å². The second-order valence-corrected chi connectivity index (χ2v) is 7.97. The van der Waals surface area contributed by atoms with Crippen LogP contribution >= 0.6 is 0 Å². The molecule has 0 fully saturated rings. The minimum atomic E-state index is -3.66. The van der Waals surface area contributed by atoms with Gasteiger partial charge >= 0.3 is 0 Å². The van der Waals surface area contributed by atoms with Crippen molar-refractivity contribution in [1.82, 2.24) is 15.0 Å². The lowest BCUT2D eigenvalue weighted by molar-refractivity contribution is -0.121. The molecule has 0 aliphatic carbocycles. The summed E-state index contributed by atoms with van der Waals surface area (Å²) in [5, 5.41) is 4.58. The average molecular weight is 383 g/mol. The van der Waals surface area contributed by atoms with E-state index >= 15 is 0 Å². The molecule has 6 nitrogen and oxygen atoms in total. The molecule has 0 radical (unpaired) electrons. The molecule has 0 saturated carbocycles. The second-order valence-electron chi connectivity index (χ2n) is 6.20. The Balaban J connectivity index is 1.53. The summed E-state index contributed by atoms with van der Waals surface area (Å²) >= 11 is 0. The zero-order chi connectivity index (χ0) is 19.3. The topological polar surface area (TPSA) is 88.2 Å². The number of aromatic nitrogens is 1. The number of nitrogens with zero attached hydrogens (tertiary/aromatic N) is 1. The van der Waals surface area contributed by atoms with E-state index in [9.17, 15) is 13.2 Å². The number of amides is 1. The van der Waals surface area contributed by atoms with Crippen molar-refractivity contribution in [1.29, 1.82) is 0 Å². The summed E-state index contributed by atoms with van der Waals surface area (Å²) in [4.78, 5) is 16.3. The van der Waals surface area contributed by atoms with E-state index < -0.39 is 10.0 Å². The molecule has 3 rings (SSSR count). The first-order chi connectivity index (χ1) is 13.0. The molecule has 1 aromatic heterocycles. The van der Waals surface area contributed by atoms with Crippen molar-refractivity contribution in [2.24, 2.45) is 0 Å². The number of carbonyl (C=O) groups excluding carboxylic acids is 1. The third kappa shape index (κ3) is 4.90. The number of hydrogen-bond donors (Lipinski definition) is 2. The van der Waals surface area contributed by atoms with Crippen molar-refractivity contribution in [2.45, 2.75) is 24.8 Å². The van der Waals surface area contributed by atoms with Gasteiger partial charge in [0.2, 0.25) is 15.9 Å². The molecule has 3 aromatic rings. The Morgan fingerprint density at radius 1 is 1.04 bits per heavy atom. The van der Waals surface area contributed by atoms with E-state index in [4.69, 9.17) is 0 Å². The maximum atomic E-state index is 12.4. The van der Waals surface area contributed by atoms with Gasteiger partial charge in [-0.25, -0.2) is 13.1 Å². The fourth-order valence-corrected chi connectivity index (χ4v) is 3.76. The minimum Gasteiger partial charge on any atom is -0.350 e. The third-order valence-corrected chi connectivity index (χ3v) is 5.70. The Bertz CT molecular complexity index is 1060. The molecular formula is C20H21N3O3S. The number of carbonyl (C=O) groups is 1. The molecular weight excluding hydrogens is 362 g/mol. The highest BCUT2D eigenvalue weighted by Crippen LogP contribution is 2.18. The number of hydrogen-bond acceptors (Lipinski definition) is 4. The van der Waals surface area contributed by atoms with Crippen LogP contribution in [0.4, 0.5) is 0 Å². The smallest absolute Gasteiger partial charge is 0.240 e. The first-order valence-electron chi connectivity index (χ1n) is 8.61. The maximum Gasteiger partial charge on any atom is 0.240 e. The normalized spacial score (nSPS) is 11.4. The summed E-state index contributed by atoms with van der Waals surface area (Å²) in [5.41, 5.74) is 1.79. The van der Waals surface area contributed by atoms with Gasteiger partial charge in [0.05, 0.1) is 17.1 Å². The van der Waals surface area contributed by atoms with E-state index in [2.05, 4.69) is 15.0 Å². The van der Waals surface area contributed by atoms with E-state index in [1.54, 1.807) is 24.4 Å². The van der Waals surface area contributed by atoms with E-state index in [0.29, 0.717) is 6.54 Å². The number of fused-ring (bicyclic) bond motifs is 1. The SMILES string of the molecule is Cc1cccnc1CNC(=O)CCNS(=O)(=O)c1ccc2ccccc2c1.